The molecule has 1 aliphatic heterocycles. The summed E-state index contributed by atoms with van der Waals surface area (Å²) in [6.07, 6.45) is 7.37. The Morgan fingerprint density at radius 3 is 2.83 bits per heavy atom. The Labute approximate surface area is 140 Å². The largest absolute Gasteiger partial charge is 0.332 e. The maximum absolute atomic E-state index is 13.1. The van der Waals surface area contributed by atoms with E-state index in [1.807, 2.05) is 0 Å². The number of tetrazole rings is 1. The fourth-order valence-electron chi connectivity index (χ4n) is 4.01. The Hall–Kier alpha value is -2.03. The van der Waals surface area contributed by atoms with Crippen molar-refractivity contribution in [3.63, 3.8) is 0 Å². The van der Waals surface area contributed by atoms with Gasteiger partial charge in [0.2, 0.25) is 12.3 Å². The van der Waals surface area contributed by atoms with E-state index < -0.39 is 5.92 Å². The first-order valence-corrected chi connectivity index (χ1v) is 8.63. The van der Waals surface area contributed by atoms with Gasteiger partial charge in [-0.15, -0.1) is 10.2 Å². The number of H-pyrrole nitrogens is 1. The van der Waals surface area contributed by atoms with E-state index in [-0.39, 0.29) is 18.5 Å². The molecule has 1 aliphatic carbocycles. The molecule has 2 N–H and O–H groups in total. The van der Waals surface area contributed by atoms with Gasteiger partial charge in [0, 0.05) is 6.54 Å². The quantitative estimate of drug-likeness (QED) is 0.434. The lowest BCUT2D eigenvalue weighted by molar-refractivity contribution is -0.157. The van der Waals surface area contributed by atoms with E-state index >= 15 is 0 Å². The topological polar surface area (TPSA) is 115 Å². The van der Waals surface area contributed by atoms with Crippen molar-refractivity contribution in [1.29, 1.82) is 0 Å². The lowest BCUT2D eigenvalue weighted by atomic mass is 9.91. The number of rotatable bonds is 7. The summed E-state index contributed by atoms with van der Waals surface area (Å²) in [5.41, 5.74) is 0. The molecule has 2 aliphatic rings. The maximum atomic E-state index is 13.1. The molecule has 0 radical (unpaired) electrons. The summed E-state index contributed by atoms with van der Waals surface area (Å²) in [5.74, 6) is 0.591. The number of likely N-dealkylation sites (tertiary alicyclic amines) is 1. The van der Waals surface area contributed by atoms with Crippen LogP contribution in [0.3, 0.4) is 0 Å². The Morgan fingerprint density at radius 2 is 2.17 bits per heavy atom. The molecule has 0 bridgehead atoms. The second-order valence-electron chi connectivity index (χ2n) is 6.77. The van der Waals surface area contributed by atoms with Crippen molar-refractivity contribution < 1.29 is 14.8 Å². The lowest BCUT2D eigenvalue weighted by Gasteiger charge is -2.29. The first-order valence-electron chi connectivity index (χ1n) is 8.63. The second-order valence-corrected chi connectivity index (χ2v) is 6.77. The SMILES string of the molecule is O=CN(O)C[C@@H](CC1CCCC1)C(=O)N1CCC[C@H]1c1nn[nH]n1. The molecule has 2 amide bonds. The van der Waals surface area contributed by atoms with Crippen molar-refractivity contribution in [2.75, 3.05) is 13.1 Å². The molecule has 9 heteroatoms. The van der Waals surface area contributed by atoms with Crippen LogP contribution in [0.5, 0.6) is 0 Å². The van der Waals surface area contributed by atoms with E-state index in [2.05, 4.69) is 20.6 Å². The van der Waals surface area contributed by atoms with E-state index in [9.17, 15) is 14.8 Å². The third-order valence-corrected chi connectivity index (χ3v) is 5.17. The maximum Gasteiger partial charge on any atom is 0.233 e. The Morgan fingerprint density at radius 1 is 1.38 bits per heavy atom. The average Bonchev–Trinajstić information content (AvgIpc) is 3.33. The monoisotopic (exact) mass is 336 g/mol. The highest BCUT2D eigenvalue weighted by atomic mass is 16.5. The number of nitrogens with zero attached hydrogens (tertiary/aromatic N) is 5. The first kappa shape index (κ1) is 16.8. The van der Waals surface area contributed by atoms with Crippen molar-refractivity contribution in [3.8, 4) is 0 Å². The highest BCUT2D eigenvalue weighted by Crippen LogP contribution is 2.35. The van der Waals surface area contributed by atoms with Crippen LogP contribution in [0, 0.1) is 11.8 Å². The standard InChI is InChI=1S/C15H24N6O3/c22-10-20(24)9-12(8-11-4-1-2-5-11)15(23)21-7-3-6-13(21)14-16-18-19-17-14/h10-13,24H,1-9H2,(H,16,17,18,19)/t12-,13+/m1/s1. The molecule has 3 rings (SSSR count). The van der Waals surface area contributed by atoms with Crippen LogP contribution in [0.1, 0.15) is 56.8 Å². The Balaban J connectivity index is 1.72. The molecule has 24 heavy (non-hydrogen) atoms. The normalized spacial score (nSPS) is 22.7. The van der Waals surface area contributed by atoms with Gasteiger partial charge in [0.1, 0.15) is 0 Å². The van der Waals surface area contributed by atoms with Crippen molar-refractivity contribution >= 4 is 12.3 Å². The zero-order valence-electron chi connectivity index (χ0n) is 13.7. The summed E-state index contributed by atoms with van der Waals surface area (Å²) >= 11 is 0. The van der Waals surface area contributed by atoms with Crippen molar-refractivity contribution in [1.82, 2.24) is 30.6 Å². The zero-order chi connectivity index (χ0) is 16.9. The minimum Gasteiger partial charge on any atom is -0.332 e. The van der Waals surface area contributed by atoms with Gasteiger partial charge in [-0.3, -0.25) is 14.8 Å². The molecule has 132 valence electrons. The molecule has 1 aromatic heterocycles. The fourth-order valence-corrected chi connectivity index (χ4v) is 4.01. The van der Waals surface area contributed by atoms with Gasteiger partial charge in [-0.05, 0) is 25.2 Å². The first-order chi connectivity index (χ1) is 11.7. The predicted octanol–water partition coefficient (Wildman–Crippen LogP) is 0.907. The van der Waals surface area contributed by atoms with E-state index in [1.54, 1.807) is 4.90 Å². The van der Waals surface area contributed by atoms with E-state index in [1.165, 1.54) is 12.8 Å². The van der Waals surface area contributed by atoms with Crippen molar-refractivity contribution in [3.05, 3.63) is 5.82 Å². The minimum absolute atomic E-state index is 0.0323. The molecule has 9 nitrogen and oxygen atoms in total. The van der Waals surface area contributed by atoms with E-state index in [0.717, 1.165) is 25.7 Å². The number of carbonyl (C=O) groups excluding carboxylic acids is 2. The lowest BCUT2D eigenvalue weighted by Crippen LogP contribution is -2.41. The van der Waals surface area contributed by atoms with Gasteiger partial charge in [-0.2, -0.15) is 5.21 Å². The highest BCUT2D eigenvalue weighted by Gasteiger charge is 2.37. The van der Waals surface area contributed by atoms with Crippen LogP contribution < -0.4 is 0 Å². The summed E-state index contributed by atoms with van der Waals surface area (Å²) in [6, 6.07) is -0.175. The molecule has 1 saturated heterocycles. The van der Waals surface area contributed by atoms with Crippen LogP contribution in [0.4, 0.5) is 0 Å². The van der Waals surface area contributed by atoms with E-state index in [0.29, 0.717) is 36.2 Å². The van der Waals surface area contributed by atoms with Gasteiger partial charge >= 0.3 is 0 Å². The molecule has 0 unspecified atom stereocenters. The predicted molar refractivity (Wildman–Crippen MR) is 82.5 cm³/mol. The number of amides is 2. The highest BCUT2D eigenvalue weighted by molar-refractivity contribution is 5.80. The van der Waals surface area contributed by atoms with Gasteiger partial charge in [-0.1, -0.05) is 30.9 Å². The van der Waals surface area contributed by atoms with Crippen LogP contribution in [0.15, 0.2) is 0 Å². The number of hydroxylamine groups is 2. The van der Waals surface area contributed by atoms with Crippen molar-refractivity contribution in [2.45, 2.75) is 51.0 Å². The van der Waals surface area contributed by atoms with Gasteiger partial charge in [0.05, 0.1) is 18.5 Å². The summed E-state index contributed by atoms with van der Waals surface area (Å²) < 4.78 is 0. The number of nitrogens with one attached hydrogen (secondary N) is 1. The van der Waals surface area contributed by atoms with E-state index in [4.69, 9.17) is 0 Å². The molecule has 1 aromatic rings. The minimum atomic E-state index is -0.393. The summed E-state index contributed by atoms with van der Waals surface area (Å²) in [6.45, 7) is 0.681. The molecule has 2 heterocycles. The second kappa shape index (κ2) is 7.69. The van der Waals surface area contributed by atoms with Gasteiger partial charge in [0.15, 0.2) is 5.82 Å². The number of carbonyl (C=O) groups is 2. The summed E-state index contributed by atoms with van der Waals surface area (Å²) in [4.78, 5) is 25.6. The summed E-state index contributed by atoms with van der Waals surface area (Å²) in [5, 5.41) is 24.2. The van der Waals surface area contributed by atoms with Gasteiger partial charge in [-0.25, -0.2) is 5.06 Å². The van der Waals surface area contributed by atoms with Crippen molar-refractivity contribution in [2.24, 2.45) is 11.8 Å². The molecular formula is C15H24N6O3. The Bertz CT molecular complexity index is 545. The number of aromatic nitrogens is 4. The van der Waals surface area contributed by atoms with Crippen LogP contribution in [-0.2, 0) is 9.59 Å². The molecular weight excluding hydrogens is 312 g/mol. The average molecular weight is 336 g/mol. The third kappa shape index (κ3) is 3.72. The van der Waals surface area contributed by atoms with Crippen LogP contribution in [-0.4, -0.2) is 61.2 Å². The van der Waals surface area contributed by atoms with Gasteiger partial charge < -0.3 is 4.90 Å². The Kier molecular flexibility index (Phi) is 5.39. The number of hydrogen-bond acceptors (Lipinski definition) is 6. The molecule has 0 spiro atoms. The summed E-state index contributed by atoms with van der Waals surface area (Å²) in [7, 11) is 0. The molecule has 0 aromatic carbocycles. The number of aromatic amines is 1. The molecule has 2 atom stereocenters. The fraction of sp³-hybridized carbons (Fsp3) is 0.800. The number of hydrogen-bond donors (Lipinski definition) is 2. The third-order valence-electron chi connectivity index (χ3n) is 5.17. The van der Waals surface area contributed by atoms with Crippen LogP contribution in [0.2, 0.25) is 0 Å². The molecule has 1 saturated carbocycles. The van der Waals surface area contributed by atoms with Crippen LogP contribution in [0.25, 0.3) is 0 Å². The molecule has 2 fully saturated rings. The van der Waals surface area contributed by atoms with Gasteiger partial charge in [0.25, 0.3) is 0 Å². The zero-order valence-corrected chi connectivity index (χ0v) is 13.7. The smallest absolute Gasteiger partial charge is 0.233 e. The van der Waals surface area contributed by atoms with Crippen LogP contribution >= 0.6 is 0 Å².